The highest BCUT2D eigenvalue weighted by Gasteiger charge is 2.25. The summed E-state index contributed by atoms with van der Waals surface area (Å²) >= 11 is 2.88. The number of carbonyl (C=O) groups excluding carboxylic acids is 1. The number of fused-ring (bicyclic) bond motifs is 1. The molecule has 5 aromatic rings. The van der Waals surface area contributed by atoms with Gasteiger partial charge in [0.15, 0.2) is 0 Å². The van der Waals surface area contributed by atoms with Gasteiger partial charge >= 0.3 is 0 Å². The van der Waals surface area contributed by atoms with Crippen LogP contribution in [0.1, 0.15) is 62.4 Å². The SMILES string of the molecule is CCC(C(=O)Nc1nnc(C2CCCCC2)s1)n1cnc2scc(-c3ccc(-c4ccccc4)cc3)c2c1=O. The molecule has 1 fully saturated rings. The Kier molecular flexibility index (Phi) is 7.34. The third-order valence-corrected chi connectivity index (χ3v) is 9.36. The molecule has 1 amide bonds. The van der Waals surface area contributed by atoms with Crippen LogP contribution >= 0.6 is 22.7 Å². The minimum atomic E-state index is -0.704. The van der Waals surface area contributed by atoms with E-state index < -0.39 is 6.04 Å². The first-order valence-electron chi connectivity index (χ1n) is 13.4. The maximum atomic E-state index is 13.8. The molecular weight excluding hydrogens is 526 g/mol. The summed E-state index contributed by atoms with van der Waals surface area (Å²) in [5, 5.41) is 15.5. The second-order valence-corrected chi connectivity index (χ2v) is 11.8. The molecule has 3 heterocycles. The van der Waals surface area contributed by atoms with E-state index in [2.05, 4.69) is 44.8 Å². The van der Waals surface area contributed by atoms with Crippen LogP contribution in [0.3, 0.4) is 0 Å². The van der Waals surface area contributed by atoms with Crippen LogP contribution in [0.25, 0.3) is 32.5 Å². The summed E-state index contributed by atoms with van der Waals surface area (Å²) < 4.78 is 1.45. The van der Waals surface area contributed by atoms with Crippen molar-refractivity contribution in [3.63, 3.8) is 0 Å². The number of hydrogen-bond donors (Lipinski definition) is 1. The summed E-state index contributed by atoms with van der Waals surface area (Å²) in [4.78, 5) is 32.3. The Labute approximate surface area is 234 Å². The van der Waals surface area contributed by atoms with E-state index in [-0.39, 0.29) is 11.5 Å². The fourth-order valence-electron chi connectivity index (χ4n) is 5.35. The van der Waals surface area contributed by atoms with Gasteiger partial charge < -0.3 is 0 Å². The summed E-state index contributed by atoms with van der Waals surface area (Å²) in [6.07, 6.45) is 7.88. The smallest absolute Gasteiger partial charge is 0.263 e. The first-order chi connectivity index (χ1) is 19.1. The Morgan fingerprint density at radius 3 is 2.46 bits per heavy atom. The maximum Gasteiger partial charge on any atom is 0.263 e. The van der Waals surface area contributed by atoms with Crippen molar-refractivity contribution < 1.29 is 4.79 Å². The molecule has 9 heteroatoms. The lowest BCUT2D eigenvalue weighted by Crippen LogP contribution is -2.33. The molecule has 39 heavy (non-hydrogen) atoms. The topological polar surface area (TPSA) is 89.8 Å². The van der Waals surface area contributed by atoms with Crippen LogP contribution in [0.15, 0.2) is 71.1 Å². The number of rotatable bonds is 7. The summed E-state index contributed by atoms with van der Waals surface area (Å²) in [7, 11) is 0. The molecule has 1 aliphatic carbocycles. The average Bonchev–Trinajstić information content (AvgIpc) is 3.64. The van der Waals surface area contributed by atoms with Crippen molar-refractivity contribution in [2.45, 2.75) is 57.4 Å². The second-order valence-electron chi connectivity index (χ2n) is 9.92. The van der Waals surface area contributed by atoms with Crippen LogP contribution in [0.4, 0.5) is 5.13 Å². The molecule has 0 spiro atoms. The molecule has 0 radical (unpaired) electrons. The van der Waals surface area contributed by atoms with Gasteiger partial charge in [-0.2, -0.15) is 0 Å². The van der Waals surface area contributed by atoms with Gasteiger partial charge in [-0.05, 0) is 36.0 Å². The van der Waals surface area contributed by atoms with Gasteiger partial charge in [-0.3, -0.25) is 19.5 Å². The zero-order chi connectivity index (χ0) is 26.8. The molecule has 1 atom stereocenters. The quantitative estimate of drug-likeness (QED) is 0.228. The van der Waals surface area contributed by atoms with E-state index in [9.17, 15) is 9.59 Å². The number of aromatic nitrogens is 4. The molecule has 3 aromatic heterocycles. The van der Waals surface area contributed by atoms with Gasteiger partial charge in [-0.1, -0.05) is 92.1 Å². The summed E-state index contributed by atoms with van der Waals surface area (Å²) in [5.74, 6) is 0.146. The van der Waals surface area contributed by atoms with Gasteiger partial charge in [0.2, 0.25) is 11.0 Å². The highest BCUT2D eigenvalue weighted by molar-refractivity contribution is 7.17. The molecule has 7 nitrogen and oxygen atoms in total. The van der Waals surface area contributed by atoms with Gasteiger partial charge in [0.25, 0.3) is 5.56 Å². The molecule has 0 saturated heterocycles. The molecule has 2 aromatic carbocycles. The lowest BCUT2D eigenvalue weighted by molar-refractivity contribution is -0.119. The number of anilines is 1. The number of hydrogen-bond acceptors (Lipinski definition) is 7. The first kappa shape index (κ1) is 25.6. The molecule has 6 rings (SSSR count). The number of nitrogens with zero attached hydrogens (tertiary/aromatic N) is 4. The third-order valence-electron chi connectivity index (χ3n) is 7.47. The molecule has 0 aliphatic heterocycles. The Morgan fingerprint density at radius 2 is 1.72 bits per heavy atom. The van der Waals surface area contributed by atoms with Gasteiger partial charge in [0.1, 0.15) is 15.9 Å². The van der Waals surface area contributed by atoms with Crippen LogP contribution in [-0.2, 0) is 4.79 Å². The van der Waals surface area contributed by atoms with E-state index in [0.717, 1.165) is 40.1 Å². The van der Waals surface area contributed by atoms with E-state index in [1.54, 1.807) is 0 Å². The molecule has 1 unspecified atom stereocenters. The van der Waals surface area contributed by atoms with E-state index in [1.165, 1.54) is 52.8 Å². The highest BCUT2D eigenvalue weighted by atomic mass is 32.1. The van der Waals surface area contributed by atoms with Crippen molar-refractivity contribution in [1.29, 1.82) is 0 Å². The highest BCUT2D eigenvalue weighted by Crippen LogP contribution is 2.36. The predicted molar refractivity (Wildman–Crippen MR) is 158 cm³/mol. The minimum absolute atomic E-state index is 0.217. The van der Waals surface area contributed by atoms with Crippen molar-refractivity contribution in [2.75, 3.05) is 5.32 Å². The average molecular weight is 556 g/mol. The fourth-order valence-corrected chi connectivity index (χ4v) is 7.17. The van der Waals surface area contributed by atoms with Gasteiger partial charge in [0.05, 0.1) is 11.7 Å². The third kappa shape index (κ3) is 5.16. The molecule has 0 bridgehead atoms. The Balaban J connectivity index is 1.27. The number of benzene rings is 2. The monoisotopic (exact) mass is 555 g/mol. The summed E-state index contributed by atoms with van der Waals surface area (Å²) in [5.41, 5.74) is 3.81. The maximum absolute atomic E-state index is 13.8. The van der Waals surface area contributed by atoms with Crippen molar-refractivity contribution in [2.24, 2.45) is 0 Å². The number of nitrogens with one attached hydrogen (secondary N) is 1. The van der Waals surface area contributed by atoms with Crippen molar-refractivity contribution in [3.8, 4) is 22.3 Å². The second kappa shape index (κ2) is 11.2. The van der Waals surface area contributed by atoms with E-state index >= 15 is 0 Å². The molecule has 198 valence electrons. The lowest BCUT2D eigenvalue weighted by atomic mass is 9.90. The van der Waals surface area contributed by atoms with Crippen LogP contribution < -0.4 is 10.9 Å². The van der Waals surface area contributed by atoms with Crippen molar-refractivity contribution in [1.82, 2.24) is 19.7 Å². The van der Waals surface area contributed by atoms with Crippen molar-refractivity contribution >= 4 is 43.9 Å². The van der Waals surface area contributed by atoms with E-state index in [4.69, 9.17) is 0 Å². The zero-order valence-electron chi connectivity index (χ0n) is 21.7. The Hall–Kier alpha value is -3.69. The minimum Gasteiger partial charge on any atom is -0.299 e. The standard InChI is InChI=1S/C30H29N5O2S2/c1-2-24(26(36)32-30-34-33-27(39-30)22-11-7-4-8-12-22)35-18-31-28-25(29(35)37)23(17-38-28)21-15-13-20(14-16-21)19-9-5-3-6-10-19/h3,5-6,9-10,13-18,22,24H,2,4,7-8,11-12H2,1H3,(H,32,34,36). The zero-order valence-corrected chi connectivity index (χ0v) is 23.3. The van der Waals surface area contributed by atoms with Crippen LogP contribution in [0.5, 0.6) is 0 Å². The number of thiophene rings is 1. The Morgan fingerprint density at radius 1 is 1.00 bits per heavy atom. The van der Waals surface area contributed by atoms with Crippen LogP contribution in [0, 0.1) is 0 Å². The largest absolute Gasteiger partial charge is 0.299 e. The molecule has 1 saturated carbocycles. The number of carbonyl (C=O) groups is 1. The van der Waals surface area contributed by atoms with E-state index in [1.807, 2.05) is 42.6 Å². The Bertz CT molecular complexity index is 1650. The lowest BCUT2D eigenvalue weighted by Gasteiger charge is -2.18. The predicted octanol–water partition coefficient (Wildman–Crippen LogP) is 7.28. The first-order valence-corrected chi connectivity index (χ1v) is 15.1. The molecule has 1 N–H and O–H groups in total. The van der Waals surface area contributed by atoms with Gasteiger partial charge in [-0.15, -0.1) is 21.5 Å². The van der Waals surface area contributed by atoms with Crippen LogP contribution in [0.2, 0.25) is 0 Å². The molecule has 1 aliphatic rings. The van der Waals surface area contributed by atoms with Gasteiger partial charge in [-0.25, -0.2) is 4.98 Å². The normalized spacial score (nSPS) is 14.9. The fraction of sp³-hybridized carbons (Fsp3) is 0.300. The summed E-state index contributed by atoms with van der Waals surface area (Å²) in [6.45, 7) is 1.89. The van der Waals surface area contributed by atoms with Crippen LogP contribution in [-0.4, -0.2) is 25.7 Å². The van der Waals surface area contributed by atoms with Crippen molar-refractivity contribution in [3.05, 3.63) is 81.7 Å². The number of amides is 1. The van der Waals surface area contributed by atoms with Gasteiger partial charge in [0, 0.05) is 16.9 Å². The molecular formula is C30H29N5O2S2. The van der Waals surface area contributed by atoms with E-state index in [0.29, 0.717) is 27.7 Å². The summed E-state index contributed by atoms with van der Waals surface area (Å²) in [6, 6.07) is 17.7.